The van der Waals surface area contributed by atoms with Gasteiger partial charge >= 0.3 is 0 Å². The lowest BCUT2D eigenvalue weighted by atomic mass is 10.1. The molecule has 0 bridgehead atoms. The summed E-state index contributed by atoms with van der Waals surface area (Å²) in [6.45, 7) is 7.21. The Labute approximate surface area is 130 Å². The van der Waals surface area contributed by atoms with Crippen LogP contribution in [0.5, 0.6) is 0 Å². The molecule has 4 heteroatoms. The zero-order valence-electron chi connectivity index (χ0n) is 12.7. The number of rotatable bonds is 6. The van der Waals surface area contributed by atoms with Gasteiger partial charge in [-0.2, -0.15) is 0 Å². The fourth-order valence-corrected chi connectivity index (χ4v) is 3.17. The number of ether oxygens (including phenoxy) is 1. The number of likely N-dealkylation sites (N-methyl/N-ethyl adjacent to an activating group) is 1. The highest BCUT2D eigenvalue weighted by Gasteiger charge is 2.29. The Morgan fingerprint density at radius 1 is 1.45 bits per heavy atom. The van der Waals surface area contributed by atoms with E-state index in [9.17, 15) is 0 Å². The highest BCUT2D eigenvalue weighted by Crippen LogP contribution is 2.29. The van der Waals surface area contributed by atoms with Gasteiger partial charge in [0.05, 0.1) is 12.1 Å². The largest absolute Gasteiger partial charge is 0.376 e. The molecule has 0 amide bonds. The number of nitrogens with one attached hydrogen (secondary N) is 1. The zero-order valence-corrected chi connectivity index (χ0v) is 14.2. The molecule has 1 saturated heterocycles. The van der Waals surface area contributed by atoms with Gasteiger partial charge in [0.2, 0.25) is 0 Å². The third-order valence-electron chi connectivity index (χ3n) is 4.00. The highest BCUT2D eigenvalue weighted by molar-refractivity contribution is 9.10. The van der Waals surface area contributed by atoms with Crippen molar-refractivity contribution in [2.24, 2.45) is 0 Å². The standard InChI is InChI=1S/C16H25BrN2O/c1-4-8-18-11-13-5-6-14(17)10-16(13)19(3)15-7-9-20-12(15)2/h5-6,10,12,15,18H,4,7-9,11H2,1-3H3. The predicted molar refractivity (Wildman–Crippen MR) is 88.4 cm³/mol. The number of hydrogen-bond donors (Lipinski definition) is 1. The summed E-state index contributed by atoms with van der Waals surface area (Å²) in [6, 6.07) is 7.01. The van der Waals surface area contributed by atoms with E-state index in [1.807, 2.05) is 0 Å². The van der Waals surface area contributed by atoms with Gasteiger partial charge in [0.1, 0.15) is 0 Å². The molecule has 0 aliphatic carbocycles. The fraction of sp³-hybridized carbons (Fsp3) is 0.625. The minimum Gasteiger partial charge on any atom is -0.376 e. The van der Waals surface area contributed by atoms with Crippen LogP contribution in [0.2, 0.25) is 0 Å². The summed E-state index contributed by atoms with van der Waals surface area (Å²) >= 11 is 3.59. The Kier molecular flexibility index (Phi) is 5.87. The summed E-state index contributed by atoms with van der Waals surface area (Å²) in [5.41, 5.74) is 2.65. The molecule has 0 spiro atoms. The van der Waals surface area contributed by atoms with E-state index < -0.39 is 0 Å². The lowest BCUT2D eigenvalue weighted by Crippen LogP contribution is -2.37. The summed E-state index contributed by atoms with van der Waals surface area (Å²) < 4.78 is 6.84. The second kappa shape index (κ2) is 7.43. The first-order chi connectivity index (χ1) is 9.63. The van der Waals surface area contributed by atoms with Crippen molar-refractivity contribution in [3.8, 4) is 0 Å². The Hall–Kier alpha value is -0.580. The minimum absolute atomic E-state index is 0.301. The van der Waals surface area contributed by atoms with E-state index >= 15 is 0 Å². The van der Waals surface area contributed by atoms with E-state index in [0.29, 0.717) is 12.1 Å². The Balaban J connectivity index is 2.17. The summed E-state index contributed by atoms with van der Waals surface area (Å²) in [4.78, 5) is 2.38. The summed E-state index contributed by atoms with van der Waals surface area (Å²) in [5, 5.41) is 3.49. The molecule has 1 aliphatic heterocycles. The molecule has 1 N–H and O–H groups in total. The van der Waals surface area contributed by atoms with Crippen LogP contribution in [0.15, 0.2) is 22.7 Å². The van der Waals surface area contributed by atoms with E-state index in [-0.39, 0.29) is 0 Å². The van der Waals surface area contributed by atoms with Crippen LogP contribution in [-0.2, 0) is 11.3 Å². The number of anilines is 1. The van der Waals surface area contributed by atoms with E-state index in [2.05, 4.69) is 65.2 Å². The van der Waals surface area contributed by atoms with Crippen molar-refractivity contribution < 1.29 is 4.74 Å². The molecule has 0 radical (unpaired) electrons. The van der Waals surface area contributed by atoms with E-state index in [4.69, 9.17) is 4.74 Å². The molecule has 1 aromatic rings. The lowest BCUT2D eigenvalue weighted by Gasteiger charge is -2.31. The van der Waals surface area contributed by atoms with Gasteiger partial charge < -0.3 is 15.0 Å². The van der Waals surface area contributed by atoms with Crippen LogP contribution >= 0.6 is 15.9 Å². The minimum atomic E-state index is 0.301. The molecule has 20 heavy (non-hydrogen) atoms. The van der Waals surface area contributed by atoms with Crippen LogP contribution in [0.4, 0.5) is 5.69 Å². The van der Waals surface area contributed by atoms with Gasteiger partial charge in [-0.25, -0.2) is 0 Å². The van der Waals surface area contributed by atoms with E-state index in [1.165, 1.54) is 11.3 Å². The molecule has 2 unspecified atom stereocenters. The molecule has 2 atom stereocenters. The molecule has 1 aromatic carbocycles. The van der Waals surface area contributed by atoms with Crippen LogP contribution in [-0.4, -0.2) is 32.3 Å². The maximum absolute atomic E-state index is 5.71. The predicted octanol–water partition coefficient (Wildman–Crippen LogP) is 3.56. The van der Waals surface area contributed by atoms with Crippen LogP contribution in [0.25, 0.3) is 0 Å². The average Bonchev–Trinajstić information content (AvgIpc) is 2.86. The molecular formula is C16H25BrN2O. The third-order valence-corrected chi connectivity index (χ3v) is 4.50. The average molecular weight is 341 g/mol. The van der Waals surface area contributed by atoms with Crippen molar-refractivity contribution in [3.05, 3.63) is 28.2 Å². The van der Waals surface area contributed by atoms with Gasteiger partial charge in [0, 0.05) is 30.4 Å². The van der Waals surface area contributed by atoms with Crippen LogP contribution in [0, 0.1) is 0 Å². The molecule has 1 heterocycles. The zero-order chi connectivity index (χ0) is 14.5. The molecular weight excluding hydrogens is 316 g/mol. The second-order valence-corrected chi connectivity index (χ2v) is 6.41. The molecule has 0 saturated carbocycles. The number of halogens is 1. The van der Waals surface area contributed by atoms with Crippen molar-refractivity contribution in [2.75, 3.05) is 25.1 Å². The second-order valence-electron chi connectivity index (χ2n) is 5.49. The molecule has 1 fully saturated rings. The Bertz CT molecular complexity index is 438. The topological polar surface area (TPSA) is 24.5 Å². The highest BCUT2D eigenvalue weighted by atomic mass is 79.9. The first-order valence-corrected chi connectivity index (χ1v) is 8.26. The fourth-order valence-electron chi connectivity index (χ4n) is 2.82. The van der Waals surface area contributed by atoms with Gasteiger partial charge in [-0.1, -0.05) is 28.9 Å². The van der Waals surface area contributed by atoms with Crippen LogP contribution < -0.4 is 10.2 Å². The normalized spacial score (nSPS) is 22.2. The molecule has 0 aromatic heterocycles. The molecule has 2 rings (SSSR count). The summed E-state index contributed by atoms with van der Waals surface area (Å²) in [5.74, 6) is 0. The van der Waals surface area contributed by atoms with Gasteiger partial charge in [-0.05, 0) is 44.0 Å². The van der Waals surface area contributed by atoms with Crippen molar-refractivity contribution in [1.29, 1.82) is 0 Å². The Morgan fingerprint density at radius 3 is 2.90 bits per heavy atom. The van der Waals surface area contributed by atoms with E-state index in [0.717, 1.165) is 37.0 Å². The Morgan fingerprint density at radius 2 is 2.25 bits per heavy atom. The van der Waals surface area contributed by atoms with Crippen LogP contribution in [0.3, 0.4) is 0 Å². The monoisotopic (exact) mass is 340 g/mol. The first-order valence-electron chi connectivity index (χ1n) is 7.47. The van der Waals surface area contributed by atoms with Gasteiger partial charge in [0.25, 0.3) is 0 Å². The number of nitrogens with zero attached hydrogens (tertiary/aromatic N) is 1. The number of benzene rings is 1. The quantitative estimate of drug-likeness (QED) is 0.801. The SMILES string of the molecule is CCCNCc1ccc(Br)cc1N(C)C1CCOC1C. The molecule has 1 aliphatic rings. The van der Waals surface area contributed by atoms with Crippen LogP contribution in [0.1, 0.15) is 32.3 Å². The van der Waals surface area contributed by atoms with Gasteiger partial charge in [0.15, 0.2) is 0 Å². The van der Waals surface area contributed by atoms with Crippen molar-refractivity contribution >= 4 is 21.6 Å². The summed E-state index contributed by atoms with van der Waals surface area (Å²) in [6.07, 6.45) is 2.57. The molecule has 3 nitrogen and oxygen atoms in total. The van der Waals surface area contributed by atoms with Gasteiger partial charge in [-0.3, -0.25) is 0 Å². The third kappa shape index (κ3) is 3.74. The lowest BCUT2D eigenvalue weighted by molar-refractivity contribution is 0.118. The van der Waals surface area contributed by atoms with Crippen molar-refractivity contribution in [3.63, 3.8) is 0 Å². The first kappa shape index (κ1) is 15.8. The maximum Gasteiger partial charge on any atom is 0.0750 e. The van der Waals surface area contributed by atoms with E-state index in [1.54, 1.807) is 0 Å². The van der Waals surface area contributed by atoms with Crippen molar-refractivity contribution in [1.82, 2.24) is 5.32 Å². The smallest absolute Gasteiger partial charge is 0.0750 e. The number of hydrogen-bond acceptors (Lipinski definition) is 3. The molecule has 112 valence electrons. The summed E-state index contributed by atoms with van der Waals surface area (Å²) in [7, 11) is 2.18. The van der Waals surface area contributed by atoms with Gasteiger partial charge in [-0.15, -0.1) is 0 Å². The van der Waals surface area contributed by atoms with Crippen molar-refractivity contribution in [2.45, 2.75) is 45.4 Å². The maximum atomic E-state index is 5.71.